The molecule has 0 saturated carbocycles. The molecule has 0 spiro atoms. The van der Waals surface area contributed by atoms with Gasteiger partial charge in [-0.2, -0.15) is 0 Å². The van der Waals surface area contributed by atoms with Crippen molar-refractivity contribution in [1.29, 1.82) is 0 Å². The lowest BCUT2D eigenvalue weighted by molar-refractivity contribution is 0.00187. The summed E-state index contributed by atoms with van der Waals surface area (Å²) in [5.74, 6) is 0.953. The zero-order valence-corrected chi connectivity index (χ0v) is 10.2. The van der Waals surface area contributed by atoms with Crippen molar-refractivity contribution in [3.63, 3.8) is 0 Å². The van der Waals surface area contributed by atoms with Gasteiger partial charge in [-0.15, -0.1) is 0 Å². The van der Waals surface area contributed by atoms with Gasteiger partial charge in [-0.05, 0) is 44.1 Å². The summed E-state index contributed by atoms with van der Waals surface area (Å²) < 4.78 is 0. The molecule has 14 heavy (non-hydrogen) atoms. The van der Waals surface area contributed by atoms with Crippen molar-refractivity contribution >= 4 is 0 Å². The molecule has 0 radical (unpaired) electrons. The second-order valence-corrected chi connectivity index (χ2v) is 6.44. The molecule has 0 aromatic rings. The molecule has 2 rings (SSSR count). The molecule has 2 fully saturated rings. The van der Waals surface area contributed by atoms with E-state index >= 15 is 0 Å². The van der Waals surface area contributed by atoms with Crippen molar-refractivity contribution < 1.29 is 0 Å². The average molecular weight is 195 g/mol. The van der Waals surface area contributed by atoms with Crippen molar-refractivity contribution in [2.24, 2.45) is 11.3 Å². The van der Waals surface area contributed by atoms with Crippen molar-refractivity contribution in [3.05, 3.63) is 0 Å². The number of fused-ring (bicyclic) bond motifs is 2. The van der Waals surface area contributed by atoms with E-state index in [1.165, 1.54) is 32.1 Å². The summed E-state index contributed by atoms with van der Waals surface area (Å²) in [6.07, 6.45) is 7.24. The zero-order chi connectivity index (χ0) is 10.3. The first-order chi connectivity index (χ1) is 6.48. The van der Waals surface area contributed by atoms with E-state index in [0.717, 1.165) is 18.0 Å². The monoisotopic (exact) mass is 195 g/mol. The average Bonchev–Trinajstić information content (AvgIpc) is 2.00. The molecule has 0 aromatic carbocycles. The molecule has 2 aliphatic heterocycles. The Hall–Kier alpha value is -0.0400. The Morgan fingerprint density at radius 3 is 1.93 bits per heavy atom. The van der Waals surface area contributed by atoms with Crippen LogP contribution in [0.4, 0.5) is 0 Å². The summed E-state index contributed by atoms with van der Waals surface area (Å²) in [7, 11) is 2.34. The molecule has 2 atom stereocenters. The summed E-state index contributed by atoms with van der Waals surface area (Å²) in [5, 5.41) is 0. The van der Waals surface area contributed by atoms with Crippen molar-refractivity contribution in [1.82, 2.24) is 4.90 Å². The van der Waals surface area contributed by atoms with Crippen molar-refractivity contribution in [2.75, 3.05) is 7.05 Å². The Morgan fingerprint density at radius 1 is 1.00 bits per heavy atom. The zero-order valence-electron chi connectivity index (χ0n) is 10.2. The minimum absolute atomic E-state index is 0.523. The normalized spacial score (nSPS) is 39.9. The Labute approximate surface area is 88.9 Å². The van der Waals surface area contributed by atoms with Gasteiger partial charge in [0.1, 0.15) is 0 Å². The minimum atomic E-state index is 0.523. The smallest absolute Gasteiger partial charge is 0.00980 e. The van der Waals surface area contributed by atoms with E-state index in [2.05, 4.69) is 32.7 Å². The molecule has 2 saturated heterocycles. The van der Waals surface area contributed by atoms with E-state index in [1.807, 2.05) is 0 Å². The first-order valence-corrected chi connectivity index (χ1v) is 6.20. The van der Waals surface area contributed by atoms with Gasteiger partial charge in [0, 0.05) is 12.1 Å². The summed E-state index contributed by atoms with van der Waals surface area (Å²) in [6, 6.07) is 1.79. The van der Waals surface area contributed by atoms with Crippen LogP contribution < -0.4 is 0 Å². The maximum Gasteiger partial charge on any atom is 0.00980 e. The number of hydrogen-bond donors (Lipinski definition) is 0. The molecular formula is C13H25N. The first-order valence-electron chi connectivity index (χ1n) is 6.20. The summed E-state index contributed by atoms with van der Waals surface area (Å²) >= 11 is 0. The van der Waals surface area contributed by atoms with Crippen LogP contribution >= 0.6 is 0 Å². The Balaban J connectivity index is 2.08. The van der Waals surface area contributed by atoms with E-state index in [-0.39, 0.29) is 0 Å². The van der Waals surface area contributed by atoms with Gasteiger partial charge in [-0.3, -0.25) is 0 Å². The first kappa shape index (κ1) is 10.5. The fourth-order valence-corrected chi connectivity index (χ4v) is 3.32. The molecular weight excluding hydrogens is 170 g/mol. The Kier molecular flexibility index (Phi) is 2.63. The highest BCUT2D eigenvalue weighted by Crippen LogP contribution is 2.43. The van der Waals surface area contributed by atoms with E-state index in [0.29, 0.717) is 5.41 Å². The van der Waals surface area contributed by atoms with E-state index < -0.39 is 0 Å². The van der Waals surface area contributed by atoms with Gasteiger partial charge in [-0.25, -0.2) is 0 Å². The summed E-state index contributed by atoms with van der Waals surface area (Å²) in [6.45, 7) is 7.25. The van der Waals surface area contributed by atoms with E-state index in [9.17, 15) is 0 Å². The lowest BCUT2D eigenvalue weighted by Crippen LogP contribution is -2.51. The molecule has 82 valence electrons. The molecule has 1 heteroatoms. The second kappa shape index (κ2) is 3.52. The van der Waals surface area contributed by atoms with Crippen LogP contribution in [0.1, 0.15) is 52.9 Å². The van der Waals surface area contributed by atoms with E-state index in [4.69, 9.17) is 0 Å². The number of nitrogens with zero attached hydrogens (tertiary/aromatic N) is 1. The van der Waals surface area contributed by atoms with Crippen LogP contribution in [0.25, 0.3) is 0 Å². The van der Waals surface area contributed by atoms with Crippen LogP contribution in [-0.2, 0) is 0 Å². The fraction of sp³-hybridized carbons (Fsp3) is 1.00. The maximum atomic E-state index is 2.66. The summed E-state index contributed by atoms with van der Waals surface area (Å²) in [5.41, 5.74) is 0.523. The highest BCUT2D eigenvalue weighted by Gasteiger charge is 2.39. The SMILES string of the molecule is CN1C2CCCC1CC(C(C)(C)C)C2. The predicted octanol–water partition coefficient (Wildman–Crippen LogP) is 3.30. The number of rotatable bonds is 0. The number of piperidine rings is 2. The fourth-order valence-electron chi connectivity index (χ4n) is 3.32. The van der Waals surface area contributed by atoms with Gasteiger partial charge in [0.2, 0.25) is 0 Å². The summed E-state index contributed by atoms with van der Waals surface area (Å²) in [4.78, 5) is 2.66. The topological polar surface area (TPSA) is 3.24 Å². The predicted molar refractivity (Wildman–Crippen MR) is 61.4 cm³/mol. The van der Waals surface area contributed by atoms with Gasteiger partial charge in [-0.1, -0.05) is 27.2 Å². The molecule has 0 aromatic heterocycles. The highest BCUT2D eigenvalue weighted by atomic mass is 15.2. The molecule has 0 aliphatic carbocycles. The minimum Gasteiger partial charge on any atom is -0.300 e. The molecule has 2 unspecified atom stereocenters. The second-order valence-electron chi connectivity index (χ2n) is 6.44. The van der Waals surface area contributed by atoms with Crippen LogP contribution in [0, 0.1) is 11.3 Å². The third kappa shape index (κ3) is 1.84. The van der Waals surface area contributed by atoms with Gasteiger partial charge in [0.05, 0.1) is 0 Å². The van der Waals surface area contributed by atoms with Crippen molar-refractivity contribution in [3.8, 4) is 0 Å². The van der Waals surface area contributed by atoms with Crippen LogP contribution in [0.5, 0.6) is 0 Å². The van der Waals surface area contributed by atoms with Gasteiger partial charge in [0.25, 0.3) is 0 Å². The van der Waals surface area contributed by atoms with Crippen LogP contribution in [-0.4, -0.2) is 24.0 Å². The Morgan fingerprint density at radius 2 is 1.50 bits per heavy atom. The van der Waals surface area contributed by atoms with Crippen LogP contribution in [0.15, 0.2) is 0 Å². The largest absolute Gasteiger partial charge is 0.300 e. The quantitative estimate of drug-likeness (QED) is 0.573. The third-order valence-corrected chi connectivity index (χ3v) is 4.56. The van der Waals surface area contributed by atoms with Crippen molar-refractivity contribution in [2.45, 2.75) is 65.0 Å². The lowest BCUT2D eigenvalue weighted by atomic mass is 9.68. The van der Waals surface area contributed by atoms with Gasteiger partial charge < -0.3 is 4.90 Å². The van der Waals surface area contributed by atoms with Gasteiger partial charge >= 0.3 is 0 Å². The maximum absolute atomic E-state index is 2.66. The molecule has 0 amide bonds. The molecule has 2 heterocycles. The molecule has 2 aliphatic rings. The van der Waals surface area contributed by atoms with Crippen LogP contribution in [0.2, 0.25) is 0 Å². The molecule has 2 bridgehead atoms. The molecule has 1 nitrogen and oxygen atoms in total. The Bertz CT molecular complexity index is 190. The third-order valence-electron chi connectivity index (χ3n) is 4.56. The standard InChI is InChI=1S/C13H25N/c1-13(2,3)10-8-11-6-5-7-12(9-10)14(11)4/h10-12H,5-9H2,1-4H3. The highest BCUT2D eigenvalue weighted by molar-refractivity contribution is 4.93. The van der Waals surface area contributed by atoms with E-state index in [1.54, 1.807) is 0 Å². The molecule has 0 N–H and O–H groups in total. The number of hydrogen-bond acceptors (Lipinski definition) is 1. The van der Waals surface area contributed by atoms with Gasteiger partial charge in [0.15, 0.2) is 0 Å². The lowest BCUT2D eigenvalue weighted by Gasteiger charge is -2.50. The van der Waals surface area contributed by atoms with Crippen LogP contribution in [0.3, 0.4) is 0 Å².